The second-order valence-corrected chi connectivity index (χ2v) is 6.56. The summed E-state index contributed by atoms with van der Waals surface area (Å²) in [5, 5.41) is 15.0. The monoisotopic (exact) mass is 385 g/mol. The van der Waals surface area contributed by atoms with Crippen LogP contribution in [0.1, 0.15) is 5.56 Å². The van der Waals surface area contributed by atoms with Crippen molar-refractivity contribution in [3.63, 3.8) is 0 Å². The Morgan fingerprint density at radius 2 is 1.93 bits per heavy atom. The van der Waals surface area contributed by atoms with Gasteiger partial charge in [0.15, 0.2) is 0 Å². The number of amides is 1. The number of hydrogen-bond acceptors (Lipinski definition) is 7. The van der Waals surface area contributed by atoms with E-state index in [1.165, 1.54) is 16.4 Å². The number of nitrogens with zero attached hydrogens (tertiary/aromatic N) is 4. The smallest absolute Gasteiger partial charge is 0.234 e. The van der Waals surface area contributed by atoms with Crippen LogP contribution in [-0.4, -0.2) is 46.1 Å². The average molecular weight is 385 g/mol. The van der Waals surface area contributed by atoms with Gasteiger partial charge in [-0.15, -0.1) is 5.10 Å². The molecule has 1 N–H and O–H groups in total. The molecule has 2 aromatic carbocycles. The van der Waals surface area contributed by atoms with Gasteiger partial charge in [-0.05, 0) is 41.6 Å². The maximum absolute atomic E-state index is 12.2. The molecule has 0 atom stereocenters. The zero-order valence-electron chi connectivity index (χ0n) is 15.2. The van der Waals surface area contributed by atoms with Gasteiger partial charge in [0, 0.05) is 11.8 Å². The summed E-state index contributed by atoms with van der Waals surface area (Å²) in [4.78, 5) is 12.2. The van der Waals surface area contributed by atoms with Gasteiger partial charge in [-0.2, -0.15) is 4.68 Å². The molecule has 0 spiro atoms. The third-order valence-electron chi connectivity index (χ3n) is 3.72. The molecular formula is C18H19N5O3S. The summed E-state index contributed by atoms with van der Waals surface area (Å²) in [5.41, 5.74) is 2.54. The first kappa shape index (κ1) is 18.7. The molecule has 0 saturated carbocycles. The van der Waals surface area contributed by atoms with Crippen molar-refractivity contribution in [2.45, 2.75) is 12.1 Å². The summed E-state index contributed by atoms with van der Waals surface area (Å²) in [5.74, 6) is 1.26. The van der Waals surface area contributed by atoms with E-state index in [-0.39, 0.29) is 11.7 Å². The molecule has 9 heteroatoms. The van der Waals surface area contributed by atoms with Gasteiger partial charge >= 0.3 is 0 Å². The van der Waals surface area contributed by atoms with Crippen molar-refractivity contribution in [1.82, 2.24) is 20.2 Å². The lowest BCUT2D eigenvalue weighted by atomic mass is 10.2. The number of thioether (sulfide) groups is 1. The minimum Gasteiger partial charge on any atom is -0.497 e. The molecule has 1 heterocycles. The van der Waals surface area contributed by atoms with Crippen LogP contribution in [0.3, 0.4) is 0 Å². The van der Waals surface area contributed by atoms with Gasteiger partial charge in [-0.25, -0.2) is 0 Å². The Balaban J connectivity index is 1.70. The summed E-state index contributed by atoms with van der Waals surface area (Å²) >= 11 is 1.24. The largest absolute Gasteiger partial charge is 0.497 e. The first-order valence-corrected chi connectivity index (χ1v) is 9.09. The minimum atomic E-state index is -0.139. The number of carbonyl (C=O) groups is 1. The molecule has 0 saturated heterocycles. The quantitative estimate of drug-likeness (QED) is 0.625. The number of nitrogens with one attached hydrogen (secondary N) is 1. The van der Waals surface area contributed by atoms with Crippen molar-refractivity contribution in [3.05, 3.63) is 48.0 Å². The molecule has 1 amide bonds. The Bertz CT molecular complexity index is 927. The summed E-state index contributed by atoms with van der Waals surface area (Å²) in [6.07, 6.45) is 0. The van der Waals surface area contributed by atoms with E-state index in [0.717, 1.165) is 11.3 Å². The van der Waals surface area contributed by atoms with Crippen molar-refractivity contribution in [2.24, 2.45) is 0 Å². The van der Waals surface area contributed by atoms with E-state index in [2.05, 4.69) is 20.8 Å². The highest BCUT2D eigenvalue weighted by Crippen LogP contribution is 2.29. The molecule has 27 heavy (non-hydrogen) atoms. The van der Waals surface area contributed by atoms with Crippen LogP contribution in [0.5, 0.6) is 11.5 Å². The molecule has 0 radical (unpaired) electrons. The topological polar surface area (TPSA) is 91.2 Å². The Morgan fingerprint density at radius 1 is 1.15 bits per heavy atom. The predicted octanol–water partition coefficient (Wildman–Crippen LogP) is 2.72. The lowest BCUT2D eigenvalue weighted by Crippen LogP contribution is -2.14. The van der Waals surface area contributed by atoms with E-state index in [1.807, 2.05) is 31.2 Å². The van der Waals surface area contributed by atoms with Crippen LogP contribution in [0.25, 0.3) is 5.69 Å². The van der Waals surface area contributed by atoms with Gasteiger partial charge in [0.1, 0.15) is 17.2 Å². The molecule has 140 valence electrons. The van der Waals surface area contributed by atoms with E-state index >= 15 is 0 Å². The third kappa shape index (κ3) is 4.56. The zero-order valence-corrected chi connectivity index (χ0v) is 16.0. The van der Waals surface area contributed by atoms with E-state index < -0.39 is 0 Å². The van der Waals surface area contributed by atoms with Crippen molar-refractivity contribution in [1.29, 1.82) is 0 Å². The minimum absolute atomic E-state index is 0.139. The van der Waals surface area contributed by atoms with Crippen LogP contribution < -0.4 is 14.8 Å². The van der Waals surface area contributed by atoms with E-state index in [0.29, 0.717) is 22.3 Å². The fourth-order valence-electron chi connectivity index (χ4n) is 2.34. The molecule has 0 aliphatic rings. The maximum Gasteiger partial charge on any atom is 0.234 e. The van der Waals surface area contributed by atoms with Crippen molar-refractivity contribution in [3.8, 4) is 17.2 Å². The first-order valence-electron chi connectivity index (χ1n) is 8.11. The number of aromatic nitrogens is 4. The van der Waals surface area contributed by atoms with E-state index in [1.54, 1.807) is 32.4 Å². The molecule has 3 rings (SSSR count). The number of ether oxygens (including phenoxy) is 2. The second-order valence-electron chi connectivity index (χ2n) is 5.61. The van der Waals surface area contributed by atoms with Crippen molar-refractivity contribution >= 4 is 23.4 Å². The maximum atomic E-state index is 12.2. The normalized spacial score (nSPS) is 10.5. The van der Waals surface area contributed by atoms with Crippen LogP contribution in [-0.2, 0) is 4.79 Å². The standard InChI is InChI=1S/C18H19N5O3S/c1-12-4-6-13(7-5-12)19-17(24)11-27-18-20-21-22-23(18)15-9-8-14(25-2)10-16(15)26-3/h4-10H,11H2,1-3H3,(H,19,24). The zero-order chi connectivity index (χ0) is 19.2. The van der Waals surface area contributed by atoms with Crippen molar-refractivity contribution < 1.29 is 14.3 Å². The Morgan fingerprint density at radius 3 is 2.63 bits per heavy atom. The van der Waals surface area contributed by atoms with Gasteiger partial charge < -0.3 is 14.8 Å². The van der Waals surface area contributed by atoms with Gasteiger partial charge in [0.05, 0.1) is 20.0 Å². The lowest BCUT2D eigenvalue weighted by Gasteiger charge is -2.11. The molecule has 8 nitrogen and oxygen atoms in total. The number of aryl methyl sites for hydroxylation is 1. The fourth-order valence-corrected chi connectivity index (χ4v) is 3.03. The molecule has 0 unspecified atom stereocenters. The highest BCUT2D eigenvalue weighted by atomic mass is 32.2. The number of rotatable bonds is 7. The van der Waals surface area contributed by atoms with E-state index in [4.69, 9.17) is 9.47 Å². The Kier molecular flexibility index (Phi) is 5.92. The summed E-state index contributed by atoms with van der Waals surface area (Å²) in [6.45, 7) is 1.99. The molecular weight excluding hydrogens is 366 g/mol. The van der Waals surface area contributed by atoms with Gasteiger partial charge in [-0.1, -0.05) is 29.5 Å². The molecule has 1 aromatic heterocycles. The molecule has 3 aromatic rings. The Labute approximate surface area is 160 Å². The molecule has 0 aliphatic heterocycles. The van der Waals surface area contributed by atoms with Crippen molar-refractivity contribution in [2.75, 3.05) is 25.3 Å². The Hall–Kier alpha value is -3.07. The van der Waals surface area contributed by atoms with Crippen LogP contribution in [0.4, 0.5) is 5.69 Å². The summed E-state index contributed by atoms with van der Waals surface area (Å²) in [6, 6.07) is 12.9. The van der Waals surface area contributed by atoms with Crippen LogP contribution in [0.15, 0.2) is 47.6 Å². The molecule has 0 bridgehead atoms. The van der Waals surface area contributed by atoms with Crippen LogP contribution in [0.2, 0.25) is 0 Å². The summed E-state index contributed by atoms with van der Waals surface area (Å²) in [7, 11) is 3.14. The number of carbonyl (C=O) groups excluding carboxylic acids is 1. The van der Waals surface area contributed by atoms with Gasteiger partial charge in [0.2, 0.25) is 11.1 Å². The summed E-state index contributed by atoms with van der Waals surface area (Å²) < 4.78 is 12.1. The fraction of sp³-hybridized carbons (Fsp3) is 0.222. The highest BCUT2D eigenvalue weighted by molar-refractivity contribution is 7.99. The predicted molar refractivity (Wildman–Crippen MR) is 103 cm³/mol. The number of anilines is 1. The number of methoxy groups -OCH3 is 2. The third-order valence-corrected chi connectivity index (χ3v) is 4.64. The second kappa shape index (κ2) is 8.54. The number of tetrazole rings is 1. The SMILES string of the molecule is COc1ccc(-n2nnnc2SCC(=O)Nc2ccc(C)cc2)c(OC)c1. The average Bonchev–Trinajstić information content (AvgIpc) is 3.16. The van der Waals surface area contributed by atoms with E-state index in [9.17, 15) is 4.79 Å². The molecule has 0 aliphatic carbocycles. The first-order chi connectivity index (χ1) is 13.1. The lowest BCUT2D eigenvalue weighted by molar-refractivity contribution is -0.113. The van der Waals surface area contributed by atoms with Gasteiger partial charge in [0.25, 0.3) is 0 Å². The highest BCUT2D eigenvalue weighted by Gasteiger charge is 2.15. The number of hydrogen-bond donors (Lipinski definition) is 1. The van der Waals surface area contributed by atoms with Crippen LogP contribution in [0, 0.1) is 6.92 Å². The number of benzene rings is 2. The van der Waals surface area contributed by atoms with Gasteiger partial charge in [-0.3, -0.25) is 4.79 Å². The van der Waals surface area contributed by atoms with Crippen LogP contribution >= 0.6 is 11.8 Å². The molecule has 0 fully saturated rings.